The van der Waals surface area contributed by atoms with E-state index in [1.165, 1.54) is 138 Å². The maximum atomic E-state index is 13.3. The average molecular weight is 987 g/mol. The summed E-state index contributed by atoms with van der Waals surface area (Å²) in [5.74, 6) is 2.00. The van der Waals surface area contributed by atoms with Crippen molar-refractivity contribution in [3.63, 3.8) is 0 Å². The van der Waals surface area contributed by atoms with E-state index >= 15 is 0 Å². The molecule has 2 aliphatic carbocycles. The maximum absolute atomic E-state index is 13.3. The third-order valence-electron chi connectivity index (χ3n) is 19.1. The van der Waals surface area contributed by atoms with Crippen LogP contribution in [0.5, 0.6) is 5.75 Å². The van der Waals surface area contributed by atoms with E-state index in [4.69, 9.17) is 0 Å². The minimum absolute atomic E-state index is 0.104. The van der Waals surface area contributed by atoms with Crippen LogP contribution in [0.4, 0.5) is 11.4 Å². The highest BCUT2D eigenvalue weighted by Crippen LogP contribution is 2.47. The number of hydrogen-bond acceptors (Lipinski definition) is 10. The number of imide groups is 1. The Balaban J connectivity index is 0.571. The summed E-state index contributed by atoms with van der Waals surface area (Å²) in [4.78, 5) is 55.5. The normalized spacial score (nSPS) is 27.5. The number of nitrogens with one attached hydrogen (secondary N) is 1. The van der Waals surface area contributed by atoms with Gasteiger partial charge in [0.25, 0.3) is 5.91 Å². The number of phenolic OH excluding ortho intramolecular Hbond substituents is 1. The fourth-order valence-electron chi connectivity index (χ4n) is 15.0. The van der Waals surface area contributed by atoms with Gasteiger partial charge in [0.15, 0.2) is 0 Å². The molecular formula is C61H78N8O4. The highest BCUT2D eigenvalue weighted by atomic mass is 16.3. The molecule has 4 aromatic rings. The highest BCUT2D eigenvalue weighted by molar-refractivity contribution is 6.05. The van der Waals surface area contributed by atoms with Gasteiger partial charge in [0.1, 0.15) is 11.8 Å². The van der Waals surface area contributed by atoms with Crippen LogP contribution in [-0.4, -0.2) is 157 Å². The van der Waals surface area contributed by atoms with Crippen LogP contribution >= 0.6 is 0 Å². The van der Waals surface area contributed by atoms with Crippen LogP contribution in [0.15, 0.2) is 91.0 Å². The Morgan fingerprint density at radius 3 is 1.75 bits per heavy atom. The van der Waals surface area contributed by atoms with Gasteiger partial charge in [-0.05, 0) is 146 Å². The lowest BCUT2D eigenvalue weighted by atomic mass is 9.69. The summed E-state index contributed by atoms with van der Waals surface area (Å²) in [7, 11) is 0. The predicted molar refractivity (Wildman–Crippen MR) is 288 cm³/mol. The van der Waals surface area contributed by atoms with Crippen molar-refractivity contribution in [2.45, 2.75) is 114 Å². The molecule has 6 fully saturated rings. The zero-order valence-electron chi connectivity index (χ0n) is 43.1. The molecule has 73 heavy (non-hydrogen) atoms. The van der Waals surface area contributed by atoms with Crippen LogP contribution in [0.2, 0.25) is 0 Å². The van der Waals surface area contributed by atoms with E-state index in [0.29, 0.717) is 42.3 Å². The third-order valence-corrected chi connectivity index (χ3v) is 19.1. The molecule has 0 spiro atoms. The van der Waals surface area contributed by atoms with Crippen LogP contribution in [0.3, 0.4) is 0 Å². The zero-order chi connectivity index (χ0) is 49.4. The molecule has 6 aliphatic heterocycles. The molecule has 386 valence electrons. The van der Waals surface area contributed by atoms with Crippen molar-refractivity contribution in [2.24, 2.45) is 11.8 Å². The summed E-state index contributed by atoms with van der Waals surface area (Å²) in [5, 5.41) is 12.7. The fourth-order valence-corrected chi connectivity index (χ4v) is 15.0. The Hall–Kier alpha value is -5.27. The monoisotopic (exact) mass is 987 g/mol. The third kappa shape index (κ3) is 10.4. The second kappa shape index (κ2) is 21.5. The van der Waals surface area contributed by atoms with Gasteiger partial charge in [-0.1, -0.05) is 61.4 Å². The van der Waals surface area contributed by atoms with Crippen LogP contribution < -0.4 is 15.1 Å². The first-order valence-electron chi connectivity index (χ1n) is 28.4. The highest BCUT2D eigenvalue weighted by Gasteiger charge is 2.40. The number of piperazine rings is 2. The van der Waals surface area contributed by atoms with E-state index in [9.17, 15) is 19.5 Å². The second-order valence-electron chi connectivity index (χ2n) is 23.2. The van der Waals surface area contributed by atoms with Gasteiger partial charge in [0, 0.05) is 140 Å². The molecule has 3 amide bonds. The van der Waals surface area contributed by atoms with Gasteiger partial charge in [-0.15, -0.1) is 0 Å². The molecule has 0 bridgehead atoms. The number of phenols is 1. The number of carbonyl (C=O) groups excluding carboxylic acids is 3. The van der Waals surface area contributed by atoms with Crippen molar-refractivity contribution in [1.29, 1.82) is 0 Å². The Morgan fingerprint density at radius 2 is 1.14 bits per heavy atom. The number of fused-ring (bicyclic) bond motifs is 2. The van der Waals surface area contributed by atoms with Crippen LogP contribution in [0, 0.1) is 11.8 Å². The average Bonchev–Trinajstić information content (AvgIpc) is 3.76. The van der Waals surface area contributed by atoms with Crippen LogP contribution in [-0.2, 0) is 22.6 Å². The number of hydrogen-bond donors (Lipinski definition) is 2. The van der Waals surface area contributed by atoms with Crippen LogP contribution in [0.1, 0.15) is 121 Å². The number of aromatic hydroxyl groups is 1. The molecule has 12 heteroatoms. The lowest BCUT2D eigenvalue weighted by Crippen LogP contribution is -2.55. The number of carbonyl (C=O) groups is 3. The quantitative estimate of drug-likeness (QED) is 0.146. The standard InChI is InChI=1S/C61H78N8O4/c70-53-16-19-55-45(39-53)12-17-54(43-6-2-1-3-7-43)59(55)44-10-13-49(14-11-44)65-26-22-50(23-27-65)67-34-30-63(31-35-67)40-46-8-4-5-9-47(46)41-64-32-36-68(37-33-64)51-24-28-66(29-25-51)52-15-18-56-48(38-52)42-69(61(56)73)57-20-21-58(71)62-60(57)72/h1-3,6-7,10-11,13-16,18-19,38-39,46-47,50-51,54,57,59,70H,4-5,8-9,12,17,20-37,40-42H2,(H,62,71,72)/t46-,47-,54+,57?,59-/m0/s1. The van der Waals surface area contributed by atoms with Crippen molar-refractivity contribution in [3.05, 3.63) is 124 Å². The maximum Gasteiger partial charge on any atom is 0.255 e. The molecule has 4 aromatic carbocycles. The first-order chi connectivity index (χ1) is 35.8. The number of amides is 3. The molecule has 1 unspecified atom stereocenters. The summed E-state index contributed by atoms with van der Waals surface area (Å²) >= 11 is 0. The Bertz CT molecular complexity index is 2580. The summed E-state index contributed by atoms with van der Waals surface area (Å²) in [6.45, 7) is 16.8. The van der Waals surface area contributed by atoms with E-state index in [1.54, 1.807) is 4.90 Å². The molecule has 0 radical (unpaired) electrons. The Labute approximate surface area is 433 Å². The molecule has 0 aromatic heterocycles. The number of rotatable bonds is 11. The predicted octanol–water partition coefficient (Wildman–Crippen LogP) is 7.69. The largest absolute Gasteiger partial charge is 0.508 e. The molecule has 12 nitrogen and oxygen atoms in total. The first-order valence-corrected chi connectivity index (χ1v) is 28.4. The Kier molecular flexibility index (Phi) is 14.3. The van der Waals surface area contributed by atoms with Crippen molar-refractivity contribution in [2.75, 3.05) is 101 Å². The van der Waals surface area contributed by atoms with Gasteiger partial charge in [-0.2, -0.15) is 0 Å². The Morgan fingerprint density at radius 1 is 0.534 bits per heavy atom. The van der Waals surface area contributed by atoms with Crippen molar-refractivity contribution in [3.8, 4) is 5.75 Å². The summed E-state index contributed by atoms with van der Waals surface area (Å²) in [6, 6.07) is 33.5. The lowest BCUT2D eigenvalue weighted by Gasteiger charge is -2.46. The van der Waals surface area contributed by atoms with Crippen molar-refractivity contribution in [1.82, 2.24) is 29.8 Å². The van der Waals surface area contributed by atoms with Gasteiger partial charge in [-0.25, -0.2) is 0 Å². The first kappa shape index (κ1) is 48.7. The molecule has 2 N–H and O–H groups in total. The molecule has 12 rings (SSSR count). The van der Waals surface area contributed by atoms with E-state index in [0.717, 1.165) is 69.3 Å². The zero-order valence-corrected chi connectivity index (χ0v) is 43.1. The van der Waals surface area contributed by atoms with Crippen molar-refractivity contribution >= 4 is 29.1 Å². The summed E-state index contributed by atoms with van der Waals surface area (Å²) in [6.07, 6.45) is 13.1. The van der Waals surface area contributed by atoms with Gasteiger partial charge in [-0.3, -0.25) is 29.5 Å². The molecule has 5 atom stereocenters. The van der Waals surface area contributed by atoms with Gasteiger partial charge in [0.05, 0.1) is 0 Å². The second-order valence-corrected chi connectivity index (χ2v) is 23.2. The smallest absolute Gasteiger partial charge is 0.255 e. The lowest BCUT2D eigenvalue weighted by molar-refractivity contribution is -0.136. The van der Waals surface area contributed by atoms with Crippen LogP contribution in [0.25, 0.3) is 0 Å². The SMILES string of the molecule is O=C1CCC(N2Cc3cc(N4CCC(N5CCN(C[C@@H]6CCCC[C@H]6CN6CCN(C7CCN(c8ccc([C@@H]9c%10ccc(O)cc%10CC[C@@H]9c9ccccc9)cc8)CC7)CC6)CC5)CC4)ccc3C2=O)C(=O)N1. The number of piperidine rings is 3. The van der Waals surface area contributed by atoms with Gasteiger partial charge in [0.2, 0.25) is 11.8 Å². The summed E-state index contributed by atoms with van der Waals surface area (Å²) < 4.78 is 0. The number of nitrogens with zero attached hydrogens (tertiary/aromatic N) is 7. The van der Waals surface area contributed by atoms with E-state index in [2.05, 4.69) is 108 Å². The van der Waals surface area contributed by atoms with Crippen molar-refractivity contribution < 1.29 is 19.5 Å². The van der Waals surface area contributed by atoms with Gasteiger partial charge >= 0.3 is 0 Å². The minimum Gasteiger partial charge on any atom is -0.508 e. The molecule has 8 aliphatic rings. The number of aryl methyl sites for hydroxylation is 1. The molecule has 5 saturated heterocycles. The minimum atomic E-state index is -0.576. The molecule has 1 saturated carbocycles. The fraction of sp³-hybridized carbons (Fsp3) is 0.557. The summed E-state index contributed by atoms with van der Waals surface area (Å²) in [5.41, 5.74) is 9.62. The molecular weight excluding hydrogens is 909 g/mol. The number of anilines is 2. The van der Waals surface area contributed by atoms with Gasteiger partial charge < -0.3 is 29.6 Å². The molecule has 6 heterocycles. The van der Waals surface area contributed by atoms with E-state index < -0.39 is 6.04 Å². The topological polar surface area (TPSA) is 106 Å². The van der Waals surface area contributed by atoms with E-state index in [1.807, 2.05) is 18.2 Å². The number of benzene rings is 4. The van der Waals surface area contributed by atoms with E-state index in [-0.39, 0.29) is 30.1 Å².